The first-order valence-corrected chi connectivity index (χ1v) is 13.6. The number of aryl methyl sites for hydroxylation is 1. The number of unbranched alkanes of at least 4 members (excludes halogenated alkanes) is 1. The van der Waals surface area contributed by atoms with Gasteiger partial charge in [0, 0.05) is 25.9 Å². The fraction of sp³-hybridized carbons (Fsp3) is 0.484. The van der Waals surface area contributed by atoms with Gasteiger partial charge in [-0.25, -0.2) is 4.98 Å². The van der Waals surface area contributed by atoms with Crippen LogP contribution in [0.3, 0.4) is 0 Å². The Morgan fingerprint density at radius 1 is 1.00 bits per heavy atom. The number of likely N-dealkylation sites (tertiary alicyclic amines) is 1. The van der Waals surface area contributed by atoms with E-state index in [1.807, 2.05) is 4.90 Å². The minimum absolute atomic E-state index is 0.0763. The van der Waals surface area contributed by atoms with Gasteiger partial charge in [-0.1, -0.05) is 67.7 Å². The Labute approximate surface area is 222 Å². The molecule has 200 valence electrons. The maximum atomic E-state index is 12.5. The number of nitrogens with zero attached hydrogens (tertiary/aromatic N) is 3. The van der Waals surface area contributed by atoms with Crippen molar-refractivity contribution in [2.24, 2.45) is 5.92 Å². The fourth-order valence-corrected chi connectivity index (χ4v) is 4.18. The summed E-state index contributed by atoms with van der Waals surface area (Å²) < 4.78 is 0.594. The summed E-state index contributed by atoms with van der Waals surface area (Å²) in [6.45, 7) is 5.13. The summed E-state index contributed by atoms with van der Waals surface area (Å²) >= 11 is 0. The summed E-state index contributed by atoms with van der Waals surface area (Å²) in [5.41, 5.74) is 0.654. The zero-order valence-corrected chi connectivity index (χ0v) is 22.6. The van der Waals surface area contributed by atoms with Gasteiger partial charge in [0.2, 0.25) is 17.9 Å². The molecule has 0 aromatic carbocycles. The predicted octanol–water partition coefficient (Wildman–Crippen LogP) is 6.37. The highest BCUT2D eigenvalue weighted by molar-refractivity contribution is 5.92. The van der Waals surface area contributed by atoms with Gasteiger partial charge < -0.3 is 10.1 Å². The Balaban J connectivity index is 1.53. The molecule has 0 N–H and O–H groups in total. The van der Waals surface area contributed by atoms with Crippen molar-refractivity contribution < 1.29 is 14.3 Å². The zero-order chi connectivity index (χ0) is 26.7. The van der Waals surface area contributed by atoms with E-state index in [-0.39, 0.29) is 29.7 Å². The van der Waals surface area contributed by atoms with E-state index >= 15 is 0 Å². The van der Waals surface area contributed by atoms with Crippen LogP contribution in [-0.4, -0.2) is 34.7 Å². The number of allylic oxidation sites excluding steroid dienone is 10. The van der Waals surface area contributed by atoms with Crippen molar-refractivity contribution in [2.75, 3.05) is 13.1 Å². The van der Waals surface area contributed by atoms with Gasteiger partial charge in [-0.3, -0.25) is 9.59 Å². The number of aromatic nitrogens is 2. The third-order valence-electron chi connectivity index (χ3n) is 6.25. The molecule has 0 aliphatic carbocycles. The third kappa shape index (κ3) is 12.5. The quantitative estimate of drug-likeness (QED) is 0.0860. The molecule has 37 heavy (non-hydrogen) atoms. The van der Waals surface area contributed by atoms with Gasteiger partial charge >= 0.3 is 0 Å². The van der Waals surface area contributed by atoms with Crippen LogP contribution in [0.25, 0.3) is 0 Å². The van der Waals surface area contributed by atoms with Crippen LogP contribution >= 0.6 is 0 Å². The molecule has 1 saturated heterocycles. The van der Waals surface area contributed by atoms with Gasteiger partial charge in [-0.05, 0) is 64.2 Å². The monoisotopic (exact) mass is 505 g/mol. The lowest BCUT2D eigenvalue weighted by Gasteiger charge is -2.16. The normalized spacial score (nSPS) is 16.5. The number of hydrogen-bond donors (Lipinski definition) is 0. The lowest BCUT2D eigenvalue weighted by atomic mass is 10.0. The number of ketones is 1. The van der Waals surface area contributed by atoms with Crippen molar-refractivity contribution in [3.05, 3.63) is 89.7 Å². The highest BCUT2D eigenvalue weighted by atomic mass is 16.5. The SMILES string of the molecule is CC/C=C\C/C=C\C/C=C\C/C=C\C/C=C\CCCC(=O)N1CC[C@H](CC(=O)c2cnc(C)c[n+]2[O-])C1. The van der Waals surface area contributed by atoms with Crippen LogP contribution in [0, 0.1) is 18.0 Å². The molecule has 1 aliphatic rings. The van der Waals surface area contributed by atoms with Gasteiger partial charge in [-0.2, -0.15) is 4.73 Å². The molecule has 2 heterocycles. The molecule has 1 aromatic heterocycles. The summed E-state index contributed by atoms with van der Waals surface area (Å²) in [7, 11) is 0. The van der Waals surface area contributed by atoms with Crippen LogP contribution in [0.2, 0.25) is 0 Å². The van der Waals surface area contributed by atoms with Crippen molar-refractivity contribution in [1.29, 1.82) is 0 Å². The van der Waals surface area contributed by atoms with Crippen molar-refractivity contribution in [1.82, 2.24) is 9.88 Å². The van der Waals surface area contributed by atoms with Crippen molar-refractivity contribution in [3.63, 3.8) is 0 Å². The molecule has 6 nitrogen and oxygen atoms in total. The van der Waals surface area contributed by atoms with Crippen molar-refractivity contribution >= 4 is 11.7 Å². The summed E-state index contributed by atoms with van der Waals surface area (Å²) in [6, 6.07) is 0. The maximum Gasteiger partial charge on any atom is 0.278 e. The minimum Gasteiger partial charge on any atom is -0.618 e. The van der Waals surface area contributed by atoms with E-state index < -0.39 is 0 Å². The number of amides is 1. The Hall–Kier alpha value is -3.28. The molecule has 1 amide bonds. The minimum atomic E-state index is -0.208. The Morgan fingerprint density at radius 2 is 1.59 bits per heavy atom. The largest absolute Gasteiger partial charge is 0.618 e. The van der Waals surface area contributed by atoms with Gasteiger partial charge in [0.1, 0.15) is 11.9 Å². The number of Topliss-reactive ketones (excluding diaryl/α,β-unsaturated/α-hetero) is 1. The fourth-order valence-electron chi connectivity index (χ4n) is 4.18. The second kappa shape index (κ2) is 18.0. The van der Waals surface area contributed by atoms with E-state index in [1.54, 1.807) is 6.92 Å². The molecule has 0 radical (unpaired) electrons. The molecule has 0 saturated carbocycles. The van der Waals surface area contributed by atoms with E-state index in [4.69, 9.17) is 0 Å². The molecule has 1 aromatic rings. The van der Waals surface area contributed by atoms with Crippen molar-refractivity contribution in [3.8, 4) is 0 Å². The highest BCUT2D eigenvalue weighted by Gasteiger charge is 2.29. The highest BCUT2D eigenvalue weighted by Crippen LogP contribution is 2.22. The lowest BCUT2D eigenvalue weighted by molar-refractivity contribution is -0.608. The summed E-state index contributed by atoms with van der Waals surface area (Å²) in [6.07, 6.45) is 32.7. The van der Waals surface area contributed by atoms with Gasteiger partial charge in [0.25, 0.3) is 5.69 Å². The zero-order valence-electron chi connectivity index (χ0n) is 22.6. The van der Waals surface area contributed by atoms with Crippen LogP contribution in [0.15, 0.2) is 73.2 Å². The van der Waals surface area contributed by atoms with E-state index in [1.165, 1.54) is 12.4 Å². The summed E-state index contributed by atoms with van der Waals surface area (Å²) in [4.78, 5) is 30.9. The molecule has 0 bridgehead atoms. The first kappa shape index (κ1) is 29.9. The molecule has 2 rings (SSSR count). The first-order valence-electron chi connectivity index (χ1n) is 13.6. The van der Waals surface area contributed by atoms with E-state index in [0.29, 0.717) is 29.9 Å². The van der Waals surface area contributed by atoms with Crippen LogP contribution in [0.5, 0.6) is 0 Å². The lowest BCUT2D eigenvalue weighted by Crippen LogP contribution is -2.36. The van der Waals surface area contributed by atoms with Gasteiger partial charge in [-0.15, -0.1) is 0 Å². The average Bonchev–Trinajstić information content (AvgIpc) is 3.34. The van der Waals surface area contributed by atoms with Crippen molar-refractivity contribution in [2.45, 2.75) is 78.1 Å². The van der Waals surface area contributed by atoms with E-state index in [2.05, 4.69) is 72.7 Å². The molecular weight excluding hydrogens is 462 g/mol. The molecule has 1 atom stereocenters. The Bertz CT molecular complexity index is 991. The molecule has 0 unspecified atom stereocenters. The predicted molar refractivity (Wildman–Crippen MR) is 150 cm³/mol. The Kier molecular flexibility index (Phi) is 14.6. The smallest absolute Gasteiger partial charge is 0.278 e. The Morgan fingerprint density at radius 3 is 2.19 bits per heavy atom. The third-order valence-corrected chi connectivity index (χ3v) is 6.25. The summed E-state index contributed by atoms with van der Waals surface area (Å²) in [5.74, 6) is 0.0436. The topological polar surface area (TPSA) is 77.2 Å². The van der Waals surface area contributed by atoms with Gasteiger partial charge in [0.05, 0.1) is 0 Å². The van der Waals surface area contributed by atoms with Crippen LogP contribution < -0.4 is 4.73 Å². The number of hydrogen-bond acceptors (Lipinski definition) is 4. The van der Waals surface area contributed by atoms with Crippen LogP contribution in [0.1, 0.15) is 87.3 Å². The molecule has 6 heteroatoms. The van der Waals surface area contributed by atoms with E-state index in [9.17, 15) is 14.8 Å². The number of carbonyl (C=O) groups is 2. The molecule has 1 aliphatic heterocycles. The molecule has 0 spiro atoms. The number of rotatable bonds is 16. The second-order valence-electron chi connectivity index (χ2n) is 9.46. The second-order valence-corrected chi connectivity index (χ2v) is 9.46. The molecule has 1 fully saturated rings. The maximum absolute atomic E-state index is 12.5. The first-order chi connectivity index (χ1) is 18.0. The van der Waals surface area contributed by atoms with Crippen LogP contribution in [-0.2, 0) is 4.79 Å². The number of carbonyl (C=O) groups excluding carboxylic acids is 2. The van der Waals surface area contributed by atoms with Gasteiger partial charge in [0.15, 0.2) is 0 Å². The summed E-state index contributed by atoms with van der Waals surface area (Å²) in [5, 5.41) is 11.9. The van der Waals surface area contributed by atoms with Crippen LogP contribution in [0.4, 0.5) is 0 Å². The molecular formula is C31H43N3O3. The van der Waals surface area contributed by atoms with E-state index in [0.717, 1.165) is 51.4 Å². The standard InChI is InChI=1S/C31H43N3O3/c1-3-4-5-6-7-8-9-10-11-12-13-14-15-16-17-18-19-20-31(36)33-22-21-28(26-33)23-30(35)29-24-32-27(2)25-34(29)37/h4-5,7-8,10-11,13-14,16-17,24-25,28H,3,6,9,12,15,18-23,26H2,1-2H3/b5-4-,8-7-,11-10-,14-13-,17-16-/t28-/m1/s1. The average molecular weight is 506 g/mol.